The summed E-state index contributed by atoms with van der Waals surface area (Å²) in [5, 5.41) is 0.531. The van der Waals surface area contributed by atoms with E-state index in [1.807, 2.05) is 13.8 Å². The average molecular weight is 289 g/mol. The van der Waals surface area contributed by atoms with Crippen LogP contribution in [-0.4, -0.2) is 30.1 Å². The number of benzene rings is 1. The second kappa shape index (κ2) is 4.94. The van der Waals surface area contributed by atoms with Gasteiger partial charge >= 0.3 is 0 Å². The monoisotopic (exact) mass is 288 g/mol. The molecule has 1 aromatic heterocycles. The molecule has 0 atom stereocenters. The van der Waals surface area contributed by atoms with E-state index in [1.165, 1.54) is 11.4 Å². The van der Waals surface area contributed by atoms with Gasteiger partial charge in [-0.25, -0.2) is 9.97 Å². The molecule has 0 spiro atoms. The van der Waals surface area contributed by atoms with Crippen LogP contribution < -0.4 is 9.80 Å². The van der Waals surface area contributed by atoms with E-state index in [9.17, 15) is 0 Å². The van der Waals surface area contributed by atoms with Crippen molar-refractivity contribution in [2.45, 2.75) is 13.8 Å². The van der Waals surface area contributed by atoms with Crippen molar-refractivity contribution in [3.63, 3.8) is 0 Å². The third-order valence-corrected chi connectivity index (χ3v) is 4.04. The highest BCUT2D eigenvalue weighted by molar-refractivity contribution is 6.30. The van der Waals surface area contributed by atoms with Gasteiger partial charge in [0.2, 0.25) is 0 Å². The molecule has 0 saturated heterocycles. The van der Waals surface area contributed by atoms with Crippen LogP contribution in [0.5, 0.6) is 0 Å². The lowest BCUT2D eigenvalue weighted by Crippen LogP contribution is -2.37. The molecule has 2 heterocycles. The summed E-state index contributed by atoms with van der Waals surface area (Å²) in [4.78, 5) is 13.3. The summed E-state index contributed by atoms with van der Waals surface area (Å²) in [5.74, 6) is 1.61. The van der Waals surface area contributed by atoms with E-state index < -0.39 is 0 Å². The lowest BCUT2D eigenvalue weighted by molar-refractivity contribution is 0.805. The highest BCUT2D eigenvalue weighted by Crippen LogP contribution is 2.38. The Balaban J connectivity index is 2.15. The minimum atomic E-state index is 0.531. The third kappa shape index (κ3) is 2.10. The van der Waals surface area contributed by atoms with Crippen LogP contribution >= 0.6 is 11.6 Å². The Morgan fingerprint density at radius 1 is 1.05 bits per heavy atom. The molecule has 5 heteroatoms. The van der Waals surface area contributed by atoms with Gasteiger partial charge in [-0.05, 0) is 26.0 Å². The van der Waals surface area contributed by atoms with Gasteiger partial charge in [0, 0.05) is 25.7 Å². The second-order valence-corrected chi connectivity index (χ2v) is 5.43. The van der Waals surface area contributed by atoms with Crippen molar-refractivity contribution in [3.05, 3.63) is 40.8 Å². The molecule has 4 nitrogen and oxygen atoms in total. The molecule has 0 unspecified atom stereocenters. The highest BCUT2D eigenvalue weighted by atomic mass is 35.5. The molecule has 1 aromatic carbocycles. The van der Waals surface area contributed by atoms with Crippen molar-refractivity contribution in [1.82, 2.24) is 9.97 Å². The number of nitrogens with zero attached hydrogens (tertiary/aromatic N) is 4. The molecule has 0 radical (unpaired) electrons. The minimum absolute atomic E-state index is 0.531. The molecule has 0 saturated carbocycles. The number of halogens is 1. The van der Waals surface area contributed by atoms with Gasteiger partial charge in [0.25, 0.3) is 0 Å². The third-order valence-electron chi connectivity index (χ3n) is 3.67. The first-order chi connectivity index (χ1) is 9.58. The molecule has 0 bridgehead atoms. The summed E-state index contributed by atoms with van der Waals surface area (Å²) >= 11 is 6.21. The fourth-order valence-electron chi connectivity index (χ4n) is 2.57. The Bertz CT molecular complexity index is 656. The standard InChI is InChI=1S/C15H17ClN4/c1-10-14(16)17-11(2)18-15(10)20-9-8-19(3)12-6-4-5-7-13(12)20/h4-7H,8-9H2,1-3H3. The maximum atomic E-state index is 6.21. The molecule has 20 heavy (non-hydrogen) atoms. The quantitative estimate of drug-likeness (QED) is 0.754. The van der Waals surface area contributed by atoms with Gasteiger partial charge in [-0.1, -0.05) is 23.7 Å². The Morgan fingerprint density at radius 2 is 1.75 bits per heavy atom. The molecular formula is C15H17ClN4. The number of hydrogen-bond acceptors (Lipinski definition) is 4. The van der Waals surface area contributed by atoms with Crippen LogP contribution in [-0.2, 0) is 0 Å². The second-order valence-electron chi connectivity index (χ2n) is 5.07. The number of para-hydroxylation sites is 2. The first-order valence-corrected chi connectivity index (χ1v) is 7.04. The number of likely N-dealkylation sites (N-methyl/N-ethyl adjacent to an activating group) is 1. The van der Waals surface area contributed by atoms with Crippen molar-refractivity contribution in [1.29, 1.82) is 0 Å². The van der Waals surface area contributed by atoms with Gasteiger partial charge in [-0.2, -0.15) is 0 Å². The molecule has 1 aliphatic rings. The van der Waals surface area contributed by atoms with Crippen molar-refractivity contribution >= 4 is 28.8 Å². The van der Waals surface area contributed by atoms with Gasteiger partial charge in [-0.3, -0.25) is 0 Å². The Morgan fingerprint density at radius 3 is 2.50 bits per heavy atom. The zero-order valence-electron chi connectivity index (χ0n) is 11.9. The summed E-state index contributed by atoms with van der Waals surface area (Å²) in [6.45, 7) is 5.69. The summed E-state index contributed by atoms with van der Waals surface area (Å²) < 4.78 is 0. The molecule has 3 rings (SSSR count). The molecule has 0 amide bonds. The van der Waals surface area contributed by atoms with E-state index in [-0.39, 0.29) is 0 Å². The van der Waals surface area contributed by atoms with Crippen LogP contribution in [0, 0.1) is 13.8 Å². The molecule has 0 aliphatic carbocycles. The molecule has 0 fully saturated rings. The predicted molar refractivity (Wildman–Crippen MR) is 83.2 cm³/mol. The fourth-order valence-corrected chi connectivity index (χ4v) is 2.78. The normalized spacial score (nSPS) is 14.4. The zero-order chi connectivity index (χ0) is 14.3. The van der Waals surface area contributed by atoms with Crippen molar-refractivity contribution in [2.24, 2.45) is 0 Å². The van der Waals surface area contributed by atoms with Gasteiger partial charge < -0.3 is 9.80 Å². The fraction of sp³-hybridized carbons (Fsp3) is 0.333. The maximum absolute atomic E-state index is 6.21. The van der Waals surface area contributed by atoms with Crippen molar-refractivity contribution in [2.75, 3.05) is 29.9 Å². The maximum Gasteiger partial charge on any atom is 0.141 e. The lowest BCUT2D eigenvalue weighted by Gasteiger charge is -2.37. The number of rotatable bonds is 1. The first kappa shape index (κ1) is 13.2. The molecule has 1 aliphatic heterocycles. The Hall–Kier alpha value is -1.81. The smallest absolute Gasteiger partial charge is 0.141 e. The van der Waals surface area contributed by atoms with Crippen LogP contribution in [0.2, 0.25) is 5.15 Å². The summed E-state index contributed by atoms with van der Waals surface area (Å²) in [6.07, 6.45) is 0. The van der Waals surface area contributed by atoms with E-state index in [1.54, 1.807) is 0 Å². The highest BCUT2D eigenvalue weighted by Gasteiger charge is 2.24. The number of anilines is 3. The molecular weight excluding hydrogens is 272 g/mol. The van der Waals surface area contributed by atoms with Crippen LogP contribution in [0.25, 0.3) is 0 Å². The van der Waals surface area contributed by atoms with E-state index in [0.29, 0.717) is 11.0 Å². The number of aromatic nitrogens is 2. The van der Waals surface area contributed by atoms with Gasteiger partial charge in [0.05, 0.1) is 11.4 Å². The summed E-state index contributed by atoms with van der Waals surface area (Å²) in [5.41, 5.74) is 3.31. The predicted octanol–water partition coefficient (Wildman–Crippen LogP) is 3.33. The largest absolute Gasteiger partial charge is 0.371 e. The SMILES string of the molecule is Cc1nc(Cl)c(C)c(N2CCN(C)c3ccccc32)n1. The van der Waals surface area contributed by atoms with E-state index in [2.05, 4.69) is 51.1 Å². The number of aryl methyl sites for hydroxylation is 1. The van der Waals surface area contributed by atoms with E-state index in [4.69, 9.17) is 11.6 Å². The molecule has 0 N–H and O–H groups in total. The number of hydrogen-bond donors (Lipinski definition) is 0. The first-order valence-electron chi connectivity index (χ1n) is 6.66. The Kier molecular flexibility index (Phi) is 3.26. The van der Waals surface area contributed by atoms with Gasteiger partial charge in [0.1, 0.15) is 16.8 Å². The van der Waals surface area contributed by atoms with E-state index in [0.717, 1.165) is 24.5 Å². The van der Waals surface area contributed by atoms with E-state index >= 15 is 0 Å². The van der Waals surface area contributed by atoms with Crippen LogP contribution in [0.3, 0.4) is 0 Å². The van der Waals surface area contributed by atoms with Crippen LogP contribution in [0.4, 0.5) is 17.2 Å². The van der Waals surface area contributed by atoms with Gasteiger partial charge in [-0.15, -0.1) is 0 Å². The minimum Gasteiger partial charge on any atom is -0.371 e. The molecule has 104 valence electrons. The average Bonchev–Trinajstić information content (AvgIpc) is 2.44. The molecule has 2 aromatic rings. The van der Waals surface area contributed by atoms with Gasteiger partial charge in [0.15, 0.2) is 0 Å². The zero-order valence-corrected chi connectivity index (χ0v) is 12.6. The van der Waals surface area contributed by atoms with Crippen molar-refractivity contribution < 1.29 is 0 Å². The summed E-state index contributed by atoms with van der Waals surface area (Å²) in [6, 6.07) is 8.36. The topological polar surface area (TPSA) is 32.3 Å². The number of fused-ring (bicyclic) bond motifs is 1. The summed E-state index contributed by atoms with van der Waals surface area (Å²) in [7, 11) is 2.11. The Labute approximate surface area is 124 Å². The van der Waals surface area contributed by atoms with Crippen molar-refractivity contribution in [3.8, 4) is 0 Å². The van der Waals surface area contributed by atoms with Crippen LogP contribution in [0.1, 0.15) is 11.4 Å². The van der Waals surface area contributed by atoms with Crippen LogP contribution in [0.15, 0.2) is 24.3 Å². The lowest BCUT2D eigenvalue weighted by atomic mass is 10.1.